The molecule has 23 heavy (non-hydrogen) atoms. The lowest BCUT2D eigenvalue weighted by Crippen LogP contribution is -2.46. The van der Waals surface area contributed by atoms with Gasteiger partial charge in [0.15, 0.2) is 5.13 Å². The molecule has 128 valence electrons. The van der Waals surface area contributed by atoms with Crippen molar-refractivity contribution in [1.29, 1.82) is 0 Å². The highest BCUT2D eigenvalue weighted by Crippen LogP contribution is 2.19. The molecule has 0 saturated carbocycles. The number of likely N-dealkylation sites (tertiary alicyclic amines) is 1. The number of piperidine rings is 1. The number of hydrogen-bond donors (Lipinski definition) is 2. The molecule has 1 aromatic heterocycles. The summed E-state index contributed by atoms with van der Waals surface area (Å²) in [6.45, 7) is 8.32. The first-order valence-electron chi connectivity index (χ1n) is 8.20. The first kappa shape index (κ1) is 17.9. The third-order valence-electron chi connectivity index (χ3n) is 3.92. The summed E-state index contributed by atoms with van der Waals surface area (Å²) < 4.78 is 0. The van der Waals surface area contributed by atoms with Crippen LogP contribution in [0.2, 0.25) is 0 Å². The second kappa shape index (κ2) is 8.40. The van der Waals surface area contributed by atoms with Crippen LogP contribution in [0.25, 0.3) is 0 Å². The van der Waals surface area contributed by atoms with Crippen LogP contribution < -0.4 is 10.6 Å². The smallest absolute Gasteiger partial charge is 0.248 e. The standard InChI is InChI=1S/C16H26N4O2S/c1-11(2)14(17-12(3)21)15(22)19-16-18-13(10-23-16)9-20-7-5-4-6-8-20/h10-11,14H,4-9H2,1-3H3,(H,17,21)(H,18,19,22)/t14-/m1/s1. The Morgan fingerprint density at radius 3 is 2.61 bits per heavy atom. The largest absolute Gasteiger partial charge is 0.344 e. The number of nitrogens with zero attached hydrogens (tertiary/aromatic N) is 2. The van der Waals surface area contributed by atoms with Gasteiger partial charge in [-0.25, -0.2) is 4.98 Å². The summed E-state index contributed by atoms with van der Waals surface area (Å²) >= 11 is 1.43. The van der Waals surface area contributed by atoms with Crippen LogP contribution in [-0.2, 0) is 16.1 Å². The second-order valence-electron chi connectivity index (χ2n) is 6.39. The summed E-state index contributed by atoms with van der Waals surface area (Å²) in [5, 5.41) is 8.10. The number of carbonyl (C=O) groups excluding carboxylic acids is 2. The number of amides is 2. The van der Waals surface area contributed by atoms with Gasteiger partial charge in [0.2, 0.25) is 11.8 Å². The van der Waals surface area contributed by atoms with Gasteiger partial charge in [-0.15, -0.1) is 11.3 Å². The summed E-state index contributed by atoms with van der Waals surface area (Å²) in [4.78, 5) is 30.4. The molecule has 1 saturated heterocycles. The van der Waals surface area contributed by atoms with Gasteiger partial charge in [-0.2, -0.15) is 0 Å². The molecule has 0 radical (unpaired) electrons. The van der Waals surface area contributed by atoms with Crippen LogP contribution in [0.5, 0.6) is 0 Å². The third kappa shape index (κ3) is 5.58. The molecular formula is C16H26N4O2S. The predicted molar refractivity (Wildman–Crippen MR) is 92.3 cm³/mol. The quantitative estimate of drug-likeness (QED) is 0.834. The predicted octanol–water partition coefficient (Wildman–Crippen LogP) is 2.23. The Morgan fingerprint density at radius 2 is 2.00 bits per heavy atom. The Bertz CT molecular complexity index is 538. The van der Waals surface area contributed by atoms with E-state index in [1.54, 1.807) is 0 Å². The minimum atomic E-state index is -0.540. The monoisotopic (exact) mass is 338 g/mol. The molecule has 0 spiro atoms. The molecule has 0 aromatic carbocycles. The number of carbonyl (C=O) groups is 2. The minimum absolute atomic E-state index is 0.0201. The normalized spacial score (nSPS) is 17.0. The van der Waals surface area contributed by atoms with Crippen LogP contribution >= 0.6 is 11.3 Å². The molecular weight excluding hydrogens is 312 g/mol. The van der Waals surface area contributed by atoms with Gasteiger partial charge in [0.05, 0.1) is 5.69 Å². The van der Waals surface area contributed by atoms with E-state index in [4.69, 9.17) is 0 Å². The Labute approximate surface area is 141 Å². The highest BCUT2D eigenvalue weighted by molar-refractivity contribution is 7.13. The molecule has 1 atom stereocenters. The van der Waals surface area contributed by atoms with Gasteiger partial charge in [0.25, 0.3) is 0 Å². The van der Waals surface area contributed by atoms with Gasteiger partial charge >= 0.3 is 0 Å². The van der Waals surface area contributed by atoms with Gasteiger partial charge in [-0.05, 0) is 31.8 Å². The molecule has 1 aliphatic heterocycles. The van der Waals surface area contributed by atoms with Gasteiger partial charge in [0.1, 0.15) is 6.04 Å². The molecule has 0 unspecified atom stereocenters. The molecule has 0 bridgehead atoms. The molecule has 1 aliphatic rings. The highest BCUT2D eigenvalue weighted by atomic mass is 32.1. The summed E-state index contributed by atoms with van der Waals surface area (Å²) in [5.74, 6) is -0.399. The maximum absolute atomic E-state index is 12.3. The Kier molecular flexibility index (Phi) is 6.53. The lowest BCUT2D eigenvalue weighted by atomic mass is 10.0. The second-order valence-corrected chi connectivity index (χ2v) is 7.25. The fraction of sp³-hybridized carbons (Fsp3) is 0.688. The van der Waals surface area contributed by atoms with Crippen molar-refractivity contribution >= 4 is 28.3 Å². The average molecular weight is 338 g/mol. The van der Waals surface area contributed by atoms with E-state index in [2.05, 4.69) is 20.5 Å². The number of rotatable bonds is 6. The van der Waals surface area contributed by atoms with Gasteiger partial charge in [-0.3, -0.25) is 14.5 Å². The maximum atomic E-state index is 12.3. The van der Waals surface area contributed by atoms with E-state index in [-0.39, 0.29) is 17.7 Å². The van der Waals surface area contributed by atoms with Gasteiger partial charge in [-0.1, -0.05) is 20.3 Å². The fourth-order valence-corrected chi connectivity index (χ4v) is 3.43. The maximum Gasteiger partial charge on any atom is 0.248 e. The van der Waals surface area contributed by atoms with E-state index < -0.39 is 6.04 Å². The molecule has 6 nitrogen and oxygen atoms in total. The topological polar surface area (TPSA) is 74.3 Å². The molecule has 2 rings (SSSR count). The Hall–Kier alpha value is -1.47. The van der Waals surface area contributed by atoms with Crippen molar-refractivity contribution in [1.82, 2.24) is 15.2 Å². The average Bonchev–Trinajstić information content (AvgIpc) is 2.92. The summed E-state index contributed by atoms with van der Waals surface area (Å²) in [6, 6.07) is -0.540. The number of thiazole rings is 1. The number of hydrogen-bond acceptors (Lipinski definition) is 5. The van der Waals surface area contributed by atoms with Crippen molar-refractivity contribution < 1.29 is 9.59 Å². The van der Waals surface area contributed by atoms with E-state index in [1.807, 2.05) is 19.2 Å². The summed E-state index contributed by atoms with van der Waals surface area (Å²) in [7, 11) is 0. The first-order valence-corrected chi connectivity index (χ1v) is 9.08. The van der Waals surface area contributed by atoms with Crippen LogP contribution in [0, 0.1) is 5.92 Å². The van der Waals surface area contributed by atoms with Crippen molar-refractivity contribution in [3.63, 3.8) is 0 Å². The van der Waals surface area contributed by atoms with Crippen LogP contribution in [-0.4, -0.2) is 40.8 Å². The number of aromatic nitrogens is 1. The molecule has 7 heteroatoms. The van der Waals surface area contributed by atoms with E-state index in [0.717, 1.165) is 25.3 Å². The summed E-state index contributed by atoms with van der Waals surface area (Å²) in [5.41, 5.74) is 0.993. The van der Waals surface area contributed by atoms with E-state index in [0.29, 0.717) is 5.13 Å². The van der Waals surface area contributed by atoms with Crippen molar-refractivity contribution in [2.75, 3.05) is 18.4 Å². The van der Waals surface area contributed by atoms with Crippen LogP contribution in [0.3, 0.4) is 0 Å². The van der Waals surface area contributed by atoms with Crippen LogP contribution in [0.1, 0.15) is 45.7 Å². The van der Waals surface area contributed by atoms with Crippen molar-refractivity contribution in [2.45, 2.75) is 52.6 Å². The minimum Gasteiger partial charge on any atom is -0.344 e. The van der Waals surface area contributed by atoms with E-state index in [1.165, 1.54) is 37.5 Å². The highest BCUT2D eigenvalue weighted by Gasteiger charge is 2.24. The zero-order chi connectivity index (χ0) is 16.8. The number of anilines is 1. The van der Waals surface area contributed by atoms with Crippen molar-refractivity contribution in [2.24, 2.45) is 5.92 Å². The zero-order valence-electron chi connectivity index (χ0n) is 14.1. The lowest BCUT2D eigenvalue weighted by molar-refractivity contribution is -0.126. The molecule has 1 aromatic rings. The molecule has 1 fully saturated rings. The fourth-order valence-electron chi connectivity index (χ4n) is 2.72. The molecule has 2 heterocycles. The van der Waals surface area contributed by atoms with Crippen LogP contribution in [0.4, 0.5) is 5.13 Å². The van der Waals surface area contributed by atoms with E-state index in [9.17, 15) is 9.59 Å². The SMILES string of the molecule is CC(=O)N[C@@H](C(=O)Nc1nc(CN2CCCCC2)cs1)C(C)C. The van der Waals surface area contributed by atoms with Gasteiger partial charge < -0.3 is 10.6 Å². The first-order chi connectivity index (χ1) is 11.0. The van der Waals surface area contributed by atoms with Gasteiger partial charge in [0, 0.05) is 18.8 Å². The Balaban J connectivity index is 1.91. The zero-order valence-corrected chi connectivity index (χ0v) is 14.9. The van der Waals surface area contributed by atoms with Crippen LogP contribution in [0.15, 0.2) is 5.38 Å². The van der Waals surface area contributed by atoms with Crippen molar-refractivity contribution in [3.8, 4) is 0 Å². The van der Waals surface area contributed by atoms with Crippen molar-refractivity contribution in [3.05, 3.63) is 11.1 Å². The third-order valence-corrected chi connectivity index (χ3v) is 4.73. The molecule has 0 aliphatic carbocycles. The lowest BCUT2D eigenvalue weighted by Gasteiger charge is -2.25. The number of nitrogens with one attached hydrogen (secondary N) is 2. The van der Waals surface area contributed by atoms with E-state index >= 15 is 0 Å². The Morgan fingerprint density at radius 1 is 1.30 bits per heavy atom. The molecule has 2 N–H and O–H groups in total. The molecule has 2 amide bonds. The summed E-state index contributed by atoms with van der Waals surface area (Å²) in [6.07, 6.45) is 3.82.